The van der Waals surface area contributed by atoms with Crippen LogP contribution >= 0.6 is 0 Å². The maximum atomic E-state index is 12.3. The molecule has 1 fully saturated rings. The smallest absolute Gasteiger partial charge is 0.133 e. The summed E-state index contributed by atoms with van der Waals surface area (Å²) in [5.41, 5.74) is 3.84. The topological polar surface area (TPSA) is 26.3 Å². The molecule has 2 aromatic rings. The molecule has 0 heterocycles. The molecule has 1 saturated carbocycles. The van der Waals surface area contributed by atoms with Crippen LogP contribution in [0, 0.1) is 5.92 Å². The fourth-order valence-electron chi connectivity index (χ4n) is 4.93. The van der Waals surface area contributed by atoms with Crippen molar-refractivity contribution in [3.63, 3.8) is 0 Å². The minimum atomic E-state index is 0.118. The van der Waals surface area contributed by atoms with Crippen LogP contribution in [0.3, 0.4) is 0 Å². The third kappa shape index (κ3) is 6.69. The Morgan fingerprint density at radius 2 is 1.77 bits per heavy atom. The van der Waals surface area contributed by atoms with Gasteiger partial charge in [0, 0.05) is 12.8 Å². The molecule has 2 atom stereocenters. The fraction of sp³-hybridized carbons (Fsp3) is 0.552. The lowest BCUT2D eigenvalue weighted by atomic mass is 9.75. The Morgan fingerprint density at radius 3 is 2.48 bits per heavy atom. The lowest BCUT2D eigenvalue weighted by Gasteiger charge is -2.30. The molecule has 1 aliphatic carbocycles. The van der Waals surface area contributed by atoms with Crippen molar-refractivity contribution in [1.29, 1.82) is 0 Å². The lowest BCUT2D eigenvalue weighted by Crippen LogP contribution is -2.21. The van der Waals surface area contributed by atoms with E-state index < -0.39 is 0 Å². The molecule has 1 aliphatic rings. The number of hydrogen-bond donors (Lipinski definition) is 0. The third-order valence-electron chi connectivity index (χ3n) is 6.86. The van der Waals surface area contributed by atoms with Crippen molar-refractivity contribution in [3.8, 4) is 5.75 Å². The summed E-state index contributed by atoms with van der Waals surface area (Å²) in [5, 5.41) is 0. The van der Waals surface area contributed by atoms with E-state index in [0.29, 0.717) is 24.7 Å². The molecule has 3 rings (SSSR count). The lowest BCUT2D eigenvalue weighted by molar-refractivity contribution is -0.121. The number of rotatable bonds is 10. The molecule has 0 radical (unpaired) electrons. The Labute approximate surface area is 189 Å². The van der Waals surface area contributed by atoms with Gasteiger partial charge in [0.05, 0.1) is 0 Å². The number of ketones is 1. The summed E-state index contributed by atoms with van der Waals surface area (Å²) in [5.74, 6) is 2.07. The molecule has 31 heavy (non-hydrogen) atoms. The predicted octanol–water partition coefficient (Wildman–Crippen LogP) is 7.99. The Bertz CT molecular complexity index is 837. The van der Waals surface area contributed by atoms with Crippen molar-refractivity contribution in [1.82, 2.24) is 0 Å². The van der Waals surface area contributed by atoms with Crippen molar-refractivity contribution in [2.45, 2.75) is 97.0 Å². The van der Waals surface area contributed by atoms with Gasteiger partial charge in [-0.15, -0.1) is 0 Å². The summed E-state index contributed by atoms with van der Waals surface area (Å²) in [6.07, 6.45) is 8.76. The van der Waals surface area contributed by atoms with E-state index >= 15 is 0 Å². The summed E-state index contributed by atoms with van der Waals surface area (Å²) in [4.78, 5) is 12.3. The average Bonchev–Trinajstić information content (AvgIpc) is 2.75. The molecule has 2 aromatic carbocycles. The highest BCUT2D eigenvalue weighted by Gasteiger charge is 2.29. The van der Waals surface area contributed by atoms with E-state index in [1.807, 2.05) is 6.07 Å². The number of ether oxygens (including phenoxy) is 1. The summed E-state index contributed by atoms with van der Waals surface area (Å²) < 4.78 is 6.41. The Morgan fingerprint density at radius 1 is 1.00 bits per heavy atom. The van der Waals surface area contributed by atoms with Gasteiger partial charge in [-0.25, -0.2) is 0 Å². The molecular weight excluding hydrogens is 380 g/mol. The van der Waals surface area contributed by atoms with Crippen LogP contribution in [0.5, 0.6) is 5.75 Å². The number of Topliss-reactive ketones (excluding diaryl/α,β-unsaturated/α-hetero) is 1. The SMILES string of the molecule is CCCCCCC(C)(C)c1ccc([C@H]2CC(=O)C[C@@H](C)C2)c(OCc2ccccc2)c1. The Kier molecular flexibility index (Phi) is 8.35. The molecule has 0 aromatic heterocycles. The minimum Gasteiger partial charge on any atom is -0.489 e. The zero-order valence-electron chi connectivity index (χ0n) is 20.0. The average molecular weight is 421 g/mol. The maximum Gasteiger partial charge on any atom is 0.133 e. The summed E-state index contributed by atoms with van der Waals surface area (Å²) >= 11 is 0. The van der Waals surface area contributed by atoms with E-state index in [1.54, 1.807) is 0 Å². The molecule has 2 nitrogen and oxygen atoms in total. The van der Waals surface area contributed by atoms with Gasteiger partial charge in [0.1, 0.15) is 18.1 Å². The highest BCUT2D eigenvalue weighted by molar-refractivity contribution is 5.80. The Hall–Kier alpha value is -2.09. The number of carbonyl (C=O) groups is 1. The van der Waals surface area contributed by atoms with Crippen molar-refractivity contribution in [2.24, 2.45) is 5.92 Å². The van der Waals surface area contributed by atoms with Crippen LogP contribution in [0.4, 0.5) is 0 Å². The number of hydrogen-bond acceptors (Lipinski definition) is 2. The zero-order chi connectivity index (χ0) is 22.3. The van der Waals surface area contributed by atoms with Gasteiger partial charge in [-0.2, -0.15) is 0 Å². The van der Waals surface area contributed by atoms with Crippen LogP contribution in [0.1, 0.15) is 102 Å². The molecule has 168 valence electrons. The molecular formula is C29H40O2. The standard InChI is InChI=1S/C29H40O2/c1-5-6-7-11-16-29(3,4)25-14-15-27(24-17-22(2)18-26(30)19-24)28(20-25)31-21-23-12-9-8-10-13-23/h8-10,12-15,20,22,24H,5-7,11,16-19,21H2,1-4H3/t22-,24+/m0/s1. The highest BCUT2D eigenvalue weighted by Crippen LogP contribution is 2.41. The monoisotopic (exact) mass is 420 g/mol. The van der Waals surface area contributed by atoms with E-state index in [-0.39, 0.29) is 11.3 Å². The molecule has 0 bridgehead atoms. The molecule has 0 saturated heterocycles. The Balaban J connectivity index is 1.84. The first-order chi connectivity index (χ1) is 14.9. The van der Waals surface area contributed by atoms with E-state index in [9.17, 15) is 4.79 Å². The van der Waals surface area contributed by atoms with Crippen LogP contribution in [-0.4, -0.2) is 5.78 Å². The molecule has 0 unspecified atom stereocenters. The first-order valence-corrected chi connectivity index (χ1v) is 12.2. The second kappa shape index (κ2) is 11.0. The molecule has 0 amide bonds. The first kappa shape index (κ1) is 23.6. The van der Waals surface area contributed by atoms with Crippen LogP contribution in [0.25, 0.3) is 0 Å². The zero-order valence-corrected chi connectivity index (χ0v) is 20.0. The predicted molar refractivity (Wildman–Crippen MR) is 130 cm³/mol. The normalized spacial score (nSPS) is 19.4. The van der Waals surface area contributed by atoms with Gasteiger partial charge in [-0.05, 0) is 52.8 Å². The summed E-state index contributed by atoms with van der Waals surface area (Å²) in [6.45, 7) is 9.71. The van der Waals surface area contributed by atoms with Crippen LogP contribution in [0.15, 0.2) is 48.5 Å². The first-order valence-electron chi connectivity index (χ1n) is 12.2. The largest absolute Gasteiger partial charge is 0.489 e. The molecule has 0 spiro atoms. The van der Waals surface area contributed by atoms with Crippen molar-refractivity contribution in [3.05, 3.63) is 65.2 Å². The van der Waals surface area contributed by atoms with Gasteiger partial charge in [-0.3, -0.25) is 4.79 Å². The molecule has 2 heteroatoms. The van der Waals surface area contributed by atoms with Crippen molar-refractivity contribution >= 4 is 5.78 Å². The van der Waals surface area contributed by atoms with Crippen molar-refractivity contribution in [2.75, 3.05) is 0 Å². The molecule has 0 N–H and O–H groups in total. The van der Waals surface area contributed by atoms with Crippen LogP contribution in [0.2, 0.25) is 0 Å². The summed E-state index contributed by atoms with van der Waals surface area (Å²) in [6, 6.07) is 17.1. The molecule has 0 aliphatic heterocycles. The maximum absolute atomic E-state index is 12.3. The number of benzene rings is 2. The van der Waals surface area contributed by atoms with E-state index in [4.69, 9.17) is 4.74 Å². The van der Waals surface area contributed by atoms with Gasteiger partial charge in [0.25, 0.3) is 0 Å². The summed E-state index contributed by atoms with van der Waals surface area (Å²) in [7, 11) is 0. The van der Waals surface area contributed by atoms with Crippen molar-refractivity contribution < 1.29 is 9.53 Å². The highest BCUT2D eigenvalue weighted by atomic mass is 16.5. The van der Waals surface area contributed by atoms with Crippen LogP contribution in [-0.2, 0) is 16.8 Å². The van der Waals surface area contributed by atoms with Gasteiger partial charge < -0.3 is 4.74 Å². The number of unbranched alkanes of at least 4 members (excludes halogenated alkanes) is 3. The quantitative estimate of drug-likeness (QED) is 0.364. The van der Waals surface area contributed by atoms with E-state index in [0.717, 1.165) is 18.6 Å². The van der Waals surface area contributed by atoms with Gasteiger partial charge in [0.15, 0.2) is 0 Å². The minimum absolute atomic E-state index is 0.118. The van der Waals surface area contributed by atoms with Gasteiger partial charge in [0.2, 0.25) is 0 Å². The van der Waals surface area contributed by atoms with Gasteiger partial charge in [-0.1, -0.05) is 95.8 Å². The number of carbonyl (C=O) groups excluding carboxylic acids is 1. The second-order valence-electron chi connectivity index (χ2n) is 10.2. The second-order valence-corrected chi connectivity index (χ2v) is 10.2. The third-order valence-corrected chi connectivity index (χ3v) is 6.86. The van der Waals surface area contributed by atoms with Gasteiger partial charge >= 0.3 is 0 Å². The van der Waals surface area contributed by atoms with Crippen LogP contribution < -0.4 is 4.74 Å². The van der Waals surface area contributed by atoms with E-state index in [2.05, 4.69) is 70.2 Å². The fourth-order valence-corrected chi connectivity index (χ4v) is 4.93. The van der Waals surface area contributed by atoms with E-state index in [1.165, 1.54) is 48.8 Å².